The molecule has 0 aromatic heterocycles. The van der Waals surface area contributed by atoms with E-state index in [-0.39, 0.29) is 0 Å². The van der Waals surface area contributed by atoms with Crippen LogP contribution in [0.15, 0.2) is 146 Å². The smallest absolute Gasteiger partial charge is 0.0149 e. The van der Waals surface area contributed by atoms with Crippen LogP contribution in [0, 0.1) is 11.8 Å². The maximum Gasteiger partial charge on any atom is -0.0149 e. The van der Waals surface area contributed by atoms with Crippen molar-refractivity contribution in [2.75, 3.05) is 0 Å². The monoisotopic (exact) mass is 789 g/mol. The highest BCUT2D eigenvalue weighted by Gasteiger charge is 2.03. The Kier molecular flexibility index (Phi) is 44.3. The molecule has 0 spiro atoms. The summed E-state index contributed by atoms with van der Waals surface area (Å²) in [7, 11) is 0. The summed E-state index contributed by atoms with van der Waals surface area (Å²) in [5.74, 6) is 2.75. The lowest BCUT2D eigenvalue weighted by molar-refractivity contribution is 0.647. The molecule has 324 valence electrons. The second-order valence-corrected chi connectivity index (χ2v) is 13.6. The first-order chi connectivity index (χ1) is 28.2. The second kappa shape index (κ2) is 42.4. The summed E-state index contributed by atoms with van der Waals surface area (Å²) in [6.45, 7) is 41.9. The molecule has 0 saturated carbocycles. The highest BCUT2D eigenvalue weighted by atomic mass is 14.1. The number of hydrogen-bond donors (Lipinski definition) is 0. The van der Waals surface area contributed by atoms with E-state index in [0.717, 1.165) is 11.8 Å². The summed E-state index contributed by atoms with van der Waals surface area (Å²) in [6, 6.07) is 51.4. The van der Waals surface area contributed by atoms with Crippen molar-refractivity contribution in [3.63, 3.8) is 0 Å². The molecule has 0 bridgehead atoms. The molecular formula is C58H92. The lowest BCUT2D eigenvalue weighted by Gasteiger charge is -2.08. The molecule has 0 unspecified atom stereocenters. The van der Waals surface area contributed by atoms with Crippen molar-refractivity contribution in [1.82, 2.24) is 0 Å². The van der Waals surface area contributed by atoms with E-state index in [1.165, 1.54) is 56.6 Å². The Morgan fingerprint density at radius 2 is 0.672 bits per heavy atom. The van der Waals surface area contributed by atoms with Gasteiger partial charge in [-0.3, -0.25) is 0 Å². The zero-order chi connectivity index (χ0) is 45.3. The minimum Gasteiger partial charge on any atom is -0.0683 e. The van der Waals surface area contributed by atoms with Gasteiger partial charge in [0.15, 0.2) is 0 Å². The molecule has 0 aliphatic carbocycles. The first kappa shape index (κ1) is 60.5. The average Bonchev–Trinajstić information content (AvgIpc) is 3.28. The van der Waals surface area contributed by atoms with Crippen LogP contribution in [-0.4, -0.2) is 0 Å². The highest BCUT2D eigenvalue weighted by Crippen LogP contribution is 2.25. The maximum absolute atomic E-state index is 2.27. The molecule has 0 radical (unpaired) electrons. The van der Waals surface area contributed by atoms with E-state index in [2.05, 4.69) is 195 Å². The number of hydrogen-bond acceptors (Lipinski definition) is 0. The van der Waals surface area contributed by atoms with E-state index in [9.17, 15) is 0 Å². The fourth-order valence-electron chi connectivity index (χ4n) is 5.59. The van der Waals surface area contributed by atoms with E-state index in [4.69, 9.17) is 0 Å². The Morgan fingerprint density at radius 3 is 1.09 bits per heavy atom. The molecule has 0 heterocycles. The summed E-state index contributed by atoms with van der Waals surface area (Å²) in [5, 5.41) is 5.49. The van der Waals surface area contributed by atoms with Crippen LogP contribution in [0.5, 0.6) is 0 Å². The van der Waals surface area contributed by atoms with Crippen molar-refractivity contribution >= 4 is 21.5 Å². The van der Waals surface area contributed by atoms with Crippen molar-refractivity contribution in [3.05, 3.63) is 168 Å². The molecule has 0 aliphatic heterocycles. The molecule has 0 saturated heterocycles. The van der Waals surface area contributed by atoms with Gasteiger partial charge < -0.3 is 0 Å². The Morgan fingerprint density at radius 1 is 0.310 bits per heavy atom. The molecule has 0 nitrogen and oxygen atoms in total. The van der Waals surface area contributed by atoms with E-state index >= 15 is 0 Å². The molecular weight excluding hydrogens is 697 g/mol. The van der Waals surface area contributed by atoms with Crippen molar-refractivity contribution in [2.24, 2.45) is 11.8 Å². The van der Waals surface area contributed by atoms with Crippen molar-refractivity contribution < 1.29 is 0 Å². The highest BCUT2D eigenvalue weighted by molar-refractivity contribution is 5.86. The largest absolute Gasteiger partial charge is 0.0683 e. The van der Waals surface area contributed by atoms with Gasteiger partial charge in [-0.15, -0.1) is 0 Å². The van der Waals surface area contributed by atoms with Crippen LogP contribution in [0.4, 0.5) is 0 Å². The summed E-state index contributed by atoms with van der Waals surface area (Å²) < 4.78 is 0. The van der Waals surface area contributed by atoms with Gasteiger partial charge in [-0.25, -0.2) is 0 Å². The van der Waals surface area contributed by atoms with Gasteiger partial charge in [0.25, 0.3) is 0 Å². The Labute approximate surface area is 363 Å². The molecule has 0 heteroatoms. The fraction of sp³-hybridized carbons (Fsp3) is 0.448. The third-order valence-electron chi connectivity index (χ3n) is 7.91. The van der Waals surface area contributed by atoms with Crippen LogP contribution in [0.2, 0.25) is 0 Å². The molecule has 58 heavy (non-hydrogen) atoms. The average molecular weight is 789 g/mol. The van der Waals surface area contributed by atoms with Crippen molar-refractivity contribution in [1.29, 1.82) is 0 Å². The summed E-state index contributed by atoms with van der Waals surface area (Å²) in [6.07, 6.45) is 2.36. The lowest BCUT2D eigenvalue weighted by atomic mass is 9.96. The zero-order valence-electron chi connectivity index (χ0n) is 41.6. The molecule has 0 amide bonds. The van der Waals surface area contributed by atoms with Crippen LogP contribution in [0.1, 0.15) is 173 Å². The first-order valence-corrected chi connectivity index (χ1v) is 23.2. The predicted molar refractivity (Wildman–Crippen MR) is 274 cm³/mol. The van der Waals surface area contributed by atoms with Crippen molar-refractivity contribution in [3.8, 4) is 0 Å². The van der Waals surface area contributed by atoms with Crippen LogP contribution in [0.3, 0.4) is 0 Å². The summed E-state index contributed by atoms with van der Waals surface area (Å²) >= 11 is 0. The Balaban J connectivity index is -0.000000311. The molecule has 0 fully saturated rings. The van der Waals surface area contributed by atoms with Crippen molar-refractivity contribution in [2.45, 2.75) is 163 Å². The van der Waals surface area contributed by atoms with Gasteiger partial charge in [0.1, 0.15) is 0 Å². The zero-order valence-corrected chi connectivity index (χ0v) is 41.6. The van der Waals surface area contributed by atoms with Crippen LogP contribution in [0.25, 0.3) is 21.5 Å². The standard InChI is InChI=1S/C14H16.C13H14.C10H14.C9H12.6C2H6/c1-11(2)10-13-8-5-7-12-6-3-4-9-14(12)13;1-10(2)12-9-5-7-11-6-3-4-8-13(11)12;1-9(2)8-10-6-4-3-5-7-10;1-8(2)9-6-4-3-5-7-9;6*1-2/h3-9,11H,10H2,1-2H3;3-10H,1-2H3;3-7,9H,8H2,1-2H3;3-8H,1-2H3;6*1-2H3. The van der Waals surface area contributed by atoms with Crippen LogP contribution >= 0.6 is 0 Å². The van der Waals surface area contributed by atoms with E-state index < -0.39 is 0 Å². The SMILES string of the molecule is CC.CC.CC.CC.CC.CC.CC(C)Cc1cccc2ccccc12.CC(C)Cc1ccccc1.CC(C)c1cccc2ccccc12.CC(C)c1ccccc1. The Bertz CT molecular complexity index is 1660. The maximum atomic E-state index is 2.27. The van der Waals surface area contributed by atoms with Gasteiger partial charge in [-0.05, 0) is 80.3 Å². The van der Waals surface area contributed by atoms with E-state index in [0.29, 0.717) is 11.8 Å². The molecule has 6 rings (SSSR count). The minimum absolute atomic E-state index is 0.603. The minimum atomic E-state index is 0.603. The summed E-state index contributed by atoms with van der Waals surface area (Å²) in [4.78, 5) is 0. The van der Waals surface area contributed by atoms with Crippen LogP contribution in [-0.2, 0) is 12.8 Å². The number of benzene rings is 6. The van der Waals surface area contributed by atoms with Gasteiger partial charge in [-0.1, -0.05) is 284 Å². The van der Waals surface area contributed by atoms with Crippen LogP contribution < -0.4 is 0 Å². The van der Waals surface area contributed by atoms with E-state index in [1.807, 2.05) is 89.2 Å². The molecule has 0 aliphatic rings. The van der Waals surface area contributed by atoms with Gasteiger partial charge >= 0.3 is 0 Å². The third-order valence-corrected chi connectivity index (χ3v) is 7.91. The Hall–Kier alpha value is -4.16. The lowest BCUT2D eigenvalue weighted by Crippen LogP contribution is -1.94. The van der Waals surface area contributed by atoms with Gasteiger partial charge in [0.05, 0.1) is 0 Å². The quantitative estimate of drug-likeness (QED) is 0.158. The topological polar surface area (TPSA) is 0 Å². The van der Waals surface area contributed by atoms with Gasteiger partial charge in [-0.2, -0.15) is 0 Å². The molecule has 0 atom stereocenters. The second-order valence-electron chi connectivity index (χ2n) is 13.6. The number of rotatable bonds is 6. The van der Waals surface area contributed by atoms with E-state index in [1.54, 1.807) is 0 Å². The van der Waals surface area contributed by atoms with Gasteiger partial charge in [0, 0.05) is 0 Å². The predicted octanol–water partition coefficient (Wildman–Crippen LogP) is 19.9. The summed E-state index contributed by atoms with van der Waals surface area (Å²) in [5.41, 5.74) is 5.77. The third kappa shape index (κ3) is 27.5. The molecule has 6 aromatic carbocycles. The normalized spacial score (nSPS) is 9.10. The molecule has 0 N–H and O–H groups in total. The molecule has 6 aromatic rings. The number of fused-ring (bicyclic) bond motifs is 2. The fourth-order valence-corrected chi connectivity index (χ4v) is 5.59. The first-order valence-electron chi connectivity index (χ1n) is 23.2. The van der Waals surface area contributed by atoms with Gasteiger partial charge in [0.2, 0.25) is 0 Å².